The normalized spacial score (nSPS) is 12.2. The van der Waals surface area contributed by atoms with Gasteiger partial charge in [-0.05, 0) is 56.0 Å². The summed E-state index contributed by atoms with van der Waals surface area (Å²) in [5.41, 5.74) is 3.76. The fourth-order valence-electron chi connectivity index (χ4n) is 4.17. The van der Waals surface area contributed by atoms with Gasteiger partial charge in [-0.2, -0.15) is 8.78 Å². The molecule has 0 fully saturated rings. The molecule has 0 aliphatic rings. The molecule has 186 valence electrons. The second kappa shape index (κ2) is 10.4. The minimum absolute atomic E-state index is 0. The van der Waals surface area contributed by atoms with Crippen LogP contribution in [-0.2, 0) is 10.8 Å². The maximum Gasteiger partial charge on any atom is 1.00 e. The molecule has 0 amide bonds. The summed E-state index contributed by atoms with van der Waals surface area (Å²) in [6, 6.07) is 16.9. The molecule has 1 N–H and O–H groups in total. The van der Waals surface area contributed by atoms with Crippen LogP contribution in [0.5, 0.6) is 5.75 Å². The Bertz CT molecular complexity index is 1470. The van der Waals surface area contributed by atoms with Crippen molar-refractivity contribution >= 4 is 22.7 Å². The monoisotopic (exact) mass is 496 g/mol. The van der Waals surface area contributed by atoms with Gasteiger partial charge in [-0.3, -0.25) is 0 Å². The van der Waals surface area contributed by atoms with Crippen LogP contribution in [0, 0.1) is 17.5 Å². The van der Waals surface area contributed by atoms with E-state index in [1.165, 1.54) is 17.8 Å². The van der Waals surface area contributed by atoms with Gasteiger partial charge in [0, 0.05) is 17.7 Å². The number of rotatable bonds is 3. The zero-order valence-corrected chi connectivity index (χ0v) is 22.4. The fourth-order valence-corrected chi connectivity index (χ4v) is 4.17. The summed E-state index contributed by atoms with van der Waals surface area (Å²) in [7, 11) is 0. The number of halogens is 3. The molecular weight excluding hydrogens is 466 g/mol. The third kappa shape index (κ3) is 6.12. The van der Waals surface area contributed by atoms with Crippen molar-refractivity contribution in [1.82, 2.24) is 0 Å². The topological polar surface area (TPSA) is 37.0 Å². The van der Waals surface area contributed by atoms with Gasteiger partial charge in [0.2, 0.25) is 0 Å². The first-order chi connectivity index (χ1) is 16.7. The molecule has 4 aromatic rings. The number of hydrogen-bond acceptors (Lipinski definition) is 1. The molecular formula is C31H30F3LiNO+. The van der Waals surface area contributed by atoms with E-state index >= 15 is 0 Å². The molecule has 0 atom stereocenters. The van der Waals surface area contributed by atoms with Crippen LogP contribution in [0.3, 0.4) is 0 Å². The van der Waals surface area contributed by atoms with Gasteiger partial charge in [0.1, 0.15) is 5.82 Å². The van der Waals surface area contributed by atoms with Gasteiger partial charge in [-0.25, -0.2) is 9.38 Å². The number of benzene rings is 4. The largest absolute Gasteiger partial charge is 1.00 e. The van der Waals surface area contributed by atoms with Crippen LogP contribution in [0.15, 0.2) is 60.7 Å². The Kier molecular flexibility index (Phi) is 8.03. The van der Waals surface area contributed by atoms with Crippen LogP contribution in [0.25, 0.3) is 21.9 Å². The van der Waals surface area contributed by atoms with E-state index in [-0.39, 0.29) is 41.0 Å². The number of hydrogen-bond donors (Lipinski definition) is 1. The predicted octanol–water partition coefficient (Wildman–Crippen LogP) is 3.43. The van der Waals surface area contributed by atoms with Crippen molar-refractivity contribution in [3.63, 3.8) is 0 Å². The second-order valence-electron chi connectivity index (χ2n) is 11.2. The van der Waals surface area contributed by atoms with Crippen molar-refractivity contribution < 1.29 is 42.1 Å². The Balaban J connectivity index is 0.00000380. The first-order valence-electron chi connectivity index (χ1n) is 11.9. The molecule has 0 aliphatic heterocycles. The summed E-state index contributed by atoms with van der Waals surface area (Å²) in [5.74, 6) is -3.47. The molecule has 2 nitrogen and oxygen atoms in total. The van der Waals surface area contributed by atoms with E-state index in [1.807, 2.05) is 0 Å². The van der Waals surface area contributed by atoms with Gasteiger partial charge in [0.25, 0.3) is 5.69 Å². The van der Waals surface area contributed by atoms with Gasteiger partial charge < -0.3 is 5.11 Å². The molecule has 0 saturated heterocycles. The molecule has 4 rings (SSSR count). The van der Waals surface area contributed by atoms with E-state index in [0.717, 1.165) is 27.5 Å². The third-order valence-electron chi connectivity index (χ3n) is 6.38. The summed E-state index contributed by atoms with van der Waals surface area (Å²) in [5, 5.41) is 14.7. The van der Waals surface area contributed by atoms with Crippen LogP contribution in [-0.4, -0.2) is 6.21 Å². The molecule has 0 unspecified atom stereocenters. The standard InChI is InChI=1S/C31H30F3NO.Li/c1-30(2,3)21-8-9-24-19(12-21)13-22(31(4,5)6)14-25(24)18-7-10-28(36)20(11-18)17-35-29-26(33)15-23(32)16-27(29)34;/h7-17,36H,1-6H3;/q;+1. The molecule has 0 heterocycles. The van der Waals surface area contributed by atoms with Crippen molar-refractivity contribution in [3.8, 4) is 16.9 Å². The molecule has 0 aliphatic carbocycles. The Morgan fingerprint density at radius 2 is 1.32 bits per heavy atom. The van der Waals surface area contributed by atoms with Crippen molar-refractivity contribution in [2.24, 2.45) is 0 Å². The van der Waals surface area contributed by atoms with Gasteiger partial charge in [0.05, 0.1) is 0 Å². The Labute approximate surface area is 228 Å². The molecule has 0 spiro atoms. The van der Waals surface area contributed by atoms with Crippen LogP contribution in [0.2, 0.25) is 0 Å². The van der Waals surface area contributed by atoms with Crippen LogP contribution in [0.1, 0.15) is 58.2 Å². The van der Waals surface area contributed by atoms with Crippen molar-refractivity contribution in [3.05, 3.63) is 94.8 Å². The third-order valence-corrected chi connectivity index (χ3v) is 6.38. The van der Waals surface area contributed by atoms with Gasteiger partial charge in [-0.15, -0.1) is 0 Å². The van der Waals surface area contributed by atoms with E-state index in [0.29, 0.717) is 12.1 Å². The van der Waals surface area contributed by atoms with E-state index in [4.69, 9.17) is 0 Å². The average Bonchev–Trinajstić information content (AvgIpc) is 2.77. The quantitative estimate of drug-likeness (QED) is 0.343. The molecule has 0 aromatic heterocycles. The fraction of sp³-hybridized carbons (Fsp3) is 0.258. The molecule has 0 saturated carbocycles. The van der Waals surface area contributed by atoms with E-state index in [9.17, 15) is 18.3 Å². The van der Waals surface area contributed by atoms with E-state index in [1.54, 1.807) is 12.1 Å². The summed E-state index contributed by atoms with van der Waals surface area (Å²) in [6.07, 6.45) is 1.25. The van der Waals surface area contributed by atoms with Crippen molar-refractivity contribution in [1.29, 1.82) is 0 Å². The van der Waals surface area contributed by atoms with Crippen LogP contribution >= 0.6 is 0 Å². The minimum atomic E-state index is -1.08. The first kappa shape index (κ1) is 28.6. The smallest absolute Gasteiger partial charge is 0.872 e. The van der Waals surface area contributed by atoms with Crippen LogP contribution < -0.4 is 29.0 Å². The summed E-state index contributed by atoms with van der Waals surface area (Å²) in [4.78, 5) is 2.50. The molecule has 4 aromatic carbocycles. The number of fused-ring (bicyclic) bond motifs is 1. The SMILES string of the molecule is CC(C)(C)c1ccc2c(-c3ccc([O-])c(C=[NH+]c4c(F)cc(F)cc4F)c3)cc(C(C)(C)C)cc2c1.[Li+]. The molecule has 6 heteroatoms. The first-order valence-corrected chi connectivity index (χ1v) is 11.9. The molecule has 0 bridgehead atoms. The van der Waals surface area contributed by atoms with Gasteiger partial charge in [-0.1, -0.05) is 83.7 Å². The molecule has 0 radical (unpaired) electrons. The van der Waals surface area contributed by atoms with E-state index < -0.39 is 23.1 Å². The second-order valence-corrected chi connectivity index (χ2v) is 11.2. The minimum Gasteiger partial charge on any atom is -0.872 e. The predicted molar refractivity (Wildman–Crippen MR) is 138 cm³/mol. The molecule has 37 heavy (non-hydrogen) atoms. The van der Waals surface area contributed by atoms with Crippen molar-refractivity contribution in [2.75, 3.05) is 0 Å². The summed E-state index contributed by atoms with van der Waals surface area (Å²) >= 11 is 0. The van der Waals surface area contributed by atoms with Gasteiger partial charge >= 0.3 is 18.9 Å². The maximum absolute atomic E-state index is 14.1. The Hall–Kier alpha value is -3.00. The Morgan fingerprint density at radius 1 is 0.730 bits per heavy atom. The number of nitrogens with one attached hydrogen (secondary N) is 1. The summed E-state index contributed by atoms with van der Waals surface area (Å²) in [6.45, 7) is 13.0. The summed E-state index contributed by atoms with van der Waals surface area (Å²) < 4.78 is 41.4. The van der Waals surface area contributed by atoms with Gasteiger partial charge in [0.15, 0.2) is 17.8 Å². The average molecular weight is 497 g/mol. The van der Waals surface area contributed by atoms with Crippen LogP contribution in [0.4, 0.5) is 18.9 Å². The zero-order valence-electron chi connectivity index (χ0n) is 22.4. The Morgan fingerprint density at radius 3 is 1.92 bits per heavy atom. The maximum atomic E-state index is 14.1. The van der Waals surface area contributed by atoms with Crippen molar-refractivity contribution in [2.45, 2.75) is 52.4 Å². The van der Waals surface area contributed by atoms with E-state index in [2.05, 4.69) is 76.9 Å². The zero-order chi connectivity index (χ0) is 26.4.